The molecule has 0 aliphatic heterocycles. The van der Waals surface area contributed by atoms with E-state index >= 15 is 0 Å². The summed E-state index contributed by atoms with van der Waals surface area (Å²) >= 11 is 4.92. The molecule has 12 heavy (non-hydrogen) atoms. The Morgan fingerprint density at radius 1 is 1.50 bits per heavy atom. The lowest BCUT2D eigenvalue weighted by molar-refractivity contribution is 0.402. The molecule has 0 N–H and O–H groups in total. The number of nitrogens with zero attached hydrogens (tertiary/aromatic N) is 1. The van der Waals surface area contributed by atoms with E-state index in [0.717, 1.165) is 12.8 Å². The van der Waals surface area contributed by atoms with Gasteiger partial charge in [0.15, 0.2) is 5.05 Å². The second-order valence-corrected chi connectivity index (χ2v) is 2.89. The third-order valence-electron chi connectivity index (χ3n) is 1.59. The average Bonchev–Trinajstić information content (AvgIpc) is 2.16. The highest BCUT2D eigenvalue weighted by Crippen LogP contribution is 2.02. The molecule has 0 aliphatic rings. The predicted octanol–water partition coefficient (Wildman–Crippen LogP) is 1.99. The molecule has 0 atom stereocenters. The quantitative estimate of drug-likeness (QED) is 0.666. The second-order valence-electron chi connectivity index (χ2n) is 2.43. The normalized spacial score (nSPS) is 9.42. The Bertz CT molecular complexity index is 248. The molecule has 0 saturated heterocycles. The number of aromatic nitrogens is 1. The highest BCUT2D eigenvalue weighted by atomic mass is 32.1. The van der Waals surface area contributed by atoms with Crippen molar-refractivity contribution >= 4 is 17.3 Å². The SMILES string of the molecule is COC(=S)CCc1ccncc1. The predicted molar refractivity (Wildman–Crippen MR) is 52.2 cm³/mol. The van der Waals surface area contributed by atoms with Gasteiger partial charge in [-0.25, -0.2) is 0 Å². The molecule has 0 aromatic carbocycles. The molecule has 0 spiro atoms. The van der Waals surface area contributed by atoms with E-state index in [-0.39, 0.29) is 0 Å². The lowest BCUT2D eigenvalue weighted by atomic mass is 10.1. The molecular formula is C9H11NOS. The molecule has 1 aromatic heterocycles. The van der Waals surface area contributed by atoms with Crippen LogP contribution in [-0.4, -0.2) is 17.1 Å². The van der Waals surface area contributed by atoms with Crippen LogP contribution in [0, 0.1) is 0 Å². The minimum absolute atomic E-state index is 0.659. The van der Waals surface area contributed by atoms with Crippen LogP contribution in [0.2, 0.25) is 0 Å². The van der Waals surface area contributed by atoms with Crippen molar-refractivity contribution in [2.75, 3.05) is 7.11 Å². The van der Waals surface area contributed by atoms with Crippen LogP contribution in [0.25, 0.3) is 0 Å². The first-order valence-electron chi connectivity index (χ1n) is 3.78. The summed E-state index contributed by atoms with van der Waals surface area (Å²) in [5, 5.41) is 0.659. The zero-order chi connectivity index (χ0) is 8.81. The second kappa shape index (κ2) is 4.83. The van der Waals surface area contributed by atoms with Crippen molar-refractivity contribution in [2.45, 2.75) is 12.8 Å². The van der Waals surface area contributed by atoms with Crippen LogP contribution in [0.15, 0.2) is 24.5 Å². The number of aryl methyl sites for hydroxylation is 1. The van der Waals surface area contributed by atoms with Crippen molar-refractivity contribution in [3.8, 4) is 0 Å². The Balaban J connectivity index is 2.38. The van der Waals surface area contributed by atoms with E-state index in [9.17, 15) is 0 Å². The van der Waals surface area contributed by atoms with Crippen molar-refractivity contribution < 1.29 is 4.74 Å². The van der Waals surface area contributed by atoms with Crippen LogP contribution in [0.3, 0.4) is 0 Å². The standard InChI is InChI=1S/C9H11NOS/c1-11-9(12)3-2-8-4-6-10-7-5-8/h4-7H,2-3H2,1H3. The summed E-state index contributed by atoms with van der Waals surface area (Å²) in [5.74, 6) is 0. The highest BCUT2D eigenvalue weighted by Gasteiger charge is 1.96. The number of methoxy groups -OCH3 is 1. The van der Waals surface area contributed by atoms with Crippen LogP contribution in [0.1, 0.15) is 12.0 Å². The minimum atomic E-state index is 0.659. The largest absolute Gasteiger partial charge is 0.490 e. The van der Waals surface area contributed by atoms with Gasteiger partial charge in [-0.3, -0.25) is 4.98 Å². The van der Waals surface area contributed by atoms with Crippen LogP contribution in [-0.2, 0) is 11.2 Å². The number of hydrogen-bond acceptors (Lipinski definition) is 3. The molecule has 0 radical (unpaired) electrons. The average molecular weight is 181 g/mol. The van der Waals surface area contributed by atoms with Gasteiger partial charge in [-0.2, -0.15) is 0 Å². The van der Waals surface area contributed by atoms with Crippen molar-refractivity contribution in [3.63, 3.8) is 0 Å². The minimum Gasteiger partial charge on any atom is -0.490 e. The maximum absolute atomic E-state index is 4.92. The molecular weight excluding hydrogens is 170 g/mol. The number of thiocarbonyl (C=S) groups is 1. The zero-order valence-electron chi connectivity index (χ0n) is 6.99. The summed E-state index contributed by atoms with van der Waals surface area (Å²) in [5.41, 5.74) is 1.24. The molecule has 64 valence electrons. The fraction of sp³-hybridized carbons (Fsp3) is 0.333. The van der Waals surface area contributed by atoms with Crippen molar-refractivity contribution in [1.29, 1.82) is 0 Å². The molecule has 1 rings (SSSR count). The fourth-order valence-corrected chi connectivity index (χ4v) is 1.000. The Kier molecular flexibility index (Phi) is 3.67. The Labute approximate surface area is 77.6 Å². The Morgan fingerprint density at radius 3 is 2.75 bits per heavy atom. The number of pyridine rings is 1. The molecule has 0 aliphatic carbocycles. The molecule has 0 fully saturated rings. The van der Waals surface area contributed by atoms with Gasteiger partial charge in [0.2, 0.25) is 0 Å². The first kappa shape index (κ1) is 9.13. The van der Waals surface area contributed by atoms with E-state index < -0.39 is 0 Å². The smallest absolute Gasteiger partial charge is 0.159 e. The van der Waals surface area contributed by atoms with Crippen LogP contribution in [0.4, 0.5) is 0 Å². The van der Waals surface area contributed by atoms with E-state index in [1.165, 1.54) is 5.56 Å². The third-order valence-corrected chi connectivity index (χ3v) is 1.97. The van der Waals surface area contributed by atoms with E-state index in [1.54, 1.807) is 19.5 Å². The first-order chi connectivity index (χ1) is 5.83. The molecule has 0 saturated carbocycles. The summed E-state index contributed by atoms with van der Waals surface area (Å²) in [6, 6.07) is 3.97. The Hall–Kier alpha value is -0.960. The van der Waals surface area contributed by atoms with E-state index in [1.807, 2.05) is 12.1 Å². The monoisotopic (exact) mass is 181 g/mol. The van der Waals surface area contributed by atoms with Crippen LogP contribution < -0.4 is 0 Å². The van der Waals surface area contributed by atoms with Gasteiger partial charge in [0, 0.05) is 18.8 Å². The van der Waals surface area contributed by atoms with Crippen LogP contribution >= 0.6 is 12.2 Å². The lowest BCUT2D eigenvalue weighted by Crippen LogP contribution is -1.99. The highest BCUT2D eigenvalue weighted by molar-refractivity contribution is 7.80. The molecule has 0 amide bonds. The van der Waals surface area contributed by atoms with E-state index in [4.69, 9.17) is 17.0 Å². The number of ether oxygens (including phenoxy) is 1. The van der Waals surface area contributed by atoms with Crippen LogP contribution in [0.5, 0.6) is 0 Å². The molecule has 1 heterocycles. The maximum Gasteiger partial charge on any atom is 0.159 e. The van der Waals surface area contributed by atoms with Crippen molar-refractivity contribution in [1.82, 2.24) is 4.98 Å². The summed E-state index contributed by atoms with van der Waals surface area (Å²) < 4.78 is 4.89. The van der Waals surface area contributed by atoms with Gasteiger partial charge in [-0.1, -0.05) is 0 Å². The number of hydrogen-bond donors (Lipinski definition) is 0. The summed E-state index contributed by atoms with van der Waals surface area (Å²) in [7, 11) is 1.61. The van der Waals surface area contributed by atoms with Gasteiger partial charge in [0.1, 0.15) is 0 Å². The topological polar surface area (TPSA) is 22.1 Å². The lowest BCUT2D eigenvalue weighted by Gasteiger charge is -2.01. The van der Waals surface area contributed by atoms with Gasteiger partial charge < -0.3 is 4.74 Å². The van der Waals surface area contributed by atoms with Gasteiger partial charge in [-0.05, 0) is 36.3 Å². The Morgan fingerprint density at radius 2 is 2.17 bits per heavy atom. The zero-order valence-corrected chi connectivity index (χ0v) is 7.80. The third kappa shape index (κ3) is 2.96. The molecule has 3 heteroatoms. The molecule has 2 nitrogen and oxygen atoms in total. The summed E-state index contributed by atoms with van der Waals surface area (Å²) in [4.78, 5) is 3.93. The first-order valence-corrected chi connectivity index (χ1v) is 4.19. The molecule has 0 bridgehead atoms. The van der Waals surface area contributed by atoms with E-state index in [2.05, 4.69) is 4.98 Å². The maximum atomic E-state index is 4.92. The molecule has 1 aromatic rings. The van der Waals surface area contributed by atoms with Crippen molar-refractivity contribution in [3.05, 3.63) is 30.1 Å². The van der Waals surface area contributed by atoms with E-state index in [0.29, 0.717) is 5.05 Å². The van der Waals surface area contributed by atoms with Gasteiger partial charge >= 0.3 is 0 Å². The van der Waals surface area contributed by atoms with Gasteiger partial charge in [-0.15, -0.1) is 0 Å². The van der Waals surface area contributed by atoms with Gasteiger partial charge in [0.25, 0.3) is 0 Å². The van der Waals surface area contributed by atoms with Gasteiger partial charge in [0.05, 0.1) is 7.11 Å². The summed E-state index contributed by atoms with van der Waals surface area (Å²) in [6.45, 7) is 0. The summed E-state index contributed by atoms with van der Waals surface area (Å²) in [6.07, 6.45) is 5.29. The van der Waals surface area contributed by atoms with Crippen molar-refractivity contribution in [2.24, 2.45) is 0 Å². The fourth-order valence-electron chi connectivity index (χ4n) is 0.898. The number of rotatable bonds is 3. The molecule has 0 unspecified atom stereocenters.